The summed E-state index contributed by atoms with van der Waals surface area (Å²) in [7, 11) is -3.07. The first-order chi connectivity index (χ1) is 13.9. The van der Waals surface area contributed by atoms with E-state index in [-0.39, 0.29) is 30.7 Å². The molecule has 1 fully saturated rings. The summed E-state index contributed by atoms with van der Waals surface area (Å²) < 4.78 is 29.5. The van der Waals surface area contributed by atoms with Crippen LogP contribution in [-0.4, -0.2) is 61.5 Å². The van der Waals surface area contributed by atoms with E-state index >= 15 is 0 Å². The normalized spacial score (nSPS) is 19.2. The molecule has 1 aliphatic heterocycles. The van der Waals surface area contributed by atoms with Crippen molar-refractivity contribution in [1.29, 1.82) is 0 Å². The highest BCUT2D eigenvalue weighted by molar-refractivity contribution is 7.91. The van der Waals surface area contributed by atoms with Crippen LogP contribution in [0.15, 0.2) is 48.5 Å². The van der Waals surface area contributed by atoms with Crippen molar-refractivity contribution in [3.63, 3.8) is 0 Å². The molecule has 0 radical (unpaired) electrons. The molecule has 1 aliphatic rings. The number of hydrogen-bond donors (Lipinski definition) is 1. The number of aldehydes is 1. The molecule has 3 rings (SSSR count). The predicted octanol–water partition coefficient (Wildman–Crippen LogP) is 2.58. The molecule has 0 aliphatic carbocycles. The van der Waals surface area contributed by atoms with Gasteiger partial charge in [-0.05, 0) is 30.2 Å². The number of sulfone groups is 1. The monoisotopic (exact) mass is 437 g/mol. The van der Waals surface area contributed by atoms with E-state index in [2.05, 4.69) is 0 Å². The Morgan fingerprint density at radius 1 is 1.21 bits per heavy atom. The number of nitrogens with zero attached hydrogens (tertiary/aromatic N) is 1. The van der Waals surface area contributed by atoms with E-state index < -0.39 is 15.9 Å². The highest BCUT2D eigenvalue weighted by Crippen LogP contribution is 2.24. The molecule has 1 heterocycles. The molecule has 1 N–H and O–H groups in total. The van der Waals surface area contributed by atoms with Gasteiger partial charge in [0.25, 0.3) is 0 Å². The Balaban J connectivity index is 1.68. The van der Waals surface area contributed by atoms with E-state index in [1.165, 1.54) is 0 Å². The molecule has 6 nitrogen and oxygen atoms in total. The number of aliphatic hydroxyl groups excluding tert-OH is 1. The third kappa shape index (κ3) is 6.02. The lowest BCUT2D eigenvalue weighted by molar-refractivity contribution is 0.0522. The summed E-state index contributed by atoms with van der Waals surface area (Å²) in [5.41, 5.74) is 1.28. The fourth-order valence-corrected chi connectivity index (χ4v) is 5.43. The van der Waals surface area contributed by atoms with Crippen molar-refractivity contribution in [3.05, 3.63) is 64.7 Å². The molecule has 8 heteroatoms. The largest absolute Gasteiger partial charge is 0.490 e. The Morgan fingerprint density at radius 2 is 1.93 bits per heavy atom. The highest BCUT2D eigenvalue weighted by Gasteiger charge is 2.33. The summed E-state index contributed by atoms with van der Waals surface area (Å²) in [6, 6.07) is 14.0. The van der Waals surface area contributed by atoms with Crippen LogP contribution in [0.25, 0.3) is 0 Å². The van der Waals surface area contributed by atoms with Crippen LogP contribution in [0.3, 0.4) is 0 Å². The summed E-state index contributed by atoms with van der Waals surface area (Å²) in [6.45, 7) is 0.653. The molecule has 1 saturated heterocycles. The van der Waals surface area contributed by atoms with Crippen molar-refractivity contribution < 1.29 is 23.1 Å². The third-order valence-corrected chi connectivity index (χ3v) is 7.10. The fourth-order valence-electron chi connectivity index (χ4n) is 3.47. The van der Waals surface area contributed by atoms with Gasteiger partial charge in [0.15, 0.2) is 16.1 Å². The molecule has 0 spiro atoms. The van der Waals surface area contributed by atoms with Crippen LogP contribution in [0, 0.1) is 0 Å². The number of rotatable bonds is 9. The van der Waals surface area contributed by atoms with Gasteiger partial charge < -0.3 is 9.84 Å². The smallest absolute Gasteiger partial charge is 0.153 e. The fraction of sp³-hybridized carbons (Fsp3) is 0.381. The van der Waals surface area contributed by atoms with E-state index in [1.54, 1.807) is 30.3 Å². The molecular formula is C21H24ClNO5S. The quantitative estimate of drug-likeness (QED) is 0.607. The Bertz CT molecular complexity index is 950. The molecule has 0 aromatic heterocycles. The Kier molecular flexibility index (Phi) is 7.29. The molecule has 0 bridgehead atoms. The Labute approximate surface area is 176 Å². The molecule has 156 valence electrons. The molecule has 2 atom stereocenters. The number of aliphatic hydroxyl groups is 1. The number of hydrogen-bond acceptors (Lipinski definition) is 6. The lowest BCUT2D eigenvalue weighted by Gasteiger charge is -2.30. The number of ether oxygens (including phenoxy) is 1. The first-order valence-corrected chi connectivity index (χ1v) is 11.6. The summed E-state index contributed by atoms with van der Waals surface area (Å²) >= 11 is 6.28. The highest BCUT2D eigenvalue weighted by atomic mass is 35.5. The lowest BCUT2D eigenvalue weighted by atomic mass is 10.1. The van der Waals surface area contributed by atoms with Crippen molar-refractivity contribution in [3.8, 4) is 5.75 Å². The van der Waals surface area contributed by atoms with Gasteiger partial charge in [-0.15, -0.1) is 0 Å². The summed E-state index contributed by atoms with van der Waals surface area (Å²) in [4.78, 5) is 13.0. The zero-order chi connectivity index (χ0) is 20.9. The Hall–Kier alpha value is -1.93. The van der Waals surface area contributed by atoms with Crippen molar-refractivity contribution in [2.75, 3.05) is 24.7 Å². The van der Waals surface area contributed by atoms with Crippen LogP contribution in [-0.2, 0) is 16.4 Å². The maximum Gasteiger partial charge on any atom is 0.153 e. The van der Waals surface area contributed by atoms with Crippen LogP contribution >= 0.6 is 11.6 Å². The van der Waals surface area contributed by atoms with E-state index in [0.29, 0.717) is 35.6 Å². The minimum atomic E-state index is -3.07. The van der Waals surface area contributed by atoms with E-state index in [9.17, 15) is 18.3 Å². The average Bonchev–Trinajstić information content (AvgIpc) is 3.07. The van der Waals surface area contributed by atoms with E-state index in [1.807, 2.05) is 23.1 Å². The van der Waals surface area contributed by atoms with Gasteiger partial charge in [-0.1, -0.05) is 41.9 Å². The lowest BCUT2D eigenvalue weighted by Crippen LogP contribution is -2.42. The second-order valence-electron chi connectivity index (χ2n) is 7.20. The van der Waals surface area contributed by atoms with Crippen molar-refractivity contribution in [2.45, 2.75) is 25.1 Å². The summed E-state index contributed by atoms with van der Waals surface area (Å²) in [5.74, 6) is 0.622. The number of carbonyl (C=O) groups excluding carboxylic acids is 1. The molecule has 2 aromatic rings. The molecule has 0 amide bonds. The van der Waals surface area contributed by atoms with Gasteiger partial charge in [0.05, 0.1) is 17.1 Å². The van der Waals surface area contributed by atoms with Crippen LogP contribution in [0.2, 0.25) is 5.02 Å². The molecular weight excluding hydrogens is 414 g/mol. The number of para-hydroxylation sites is 1. The van der Waals surface area contributed by atoms with Gasteiger partial charge in [0.2, 0.25) is 0 Å². The maximum atomic E-state index is 12.0. The van der Waals surface area contributed by atoms with Crippen molar-refractivity contribution >= 4 is 27.7 Å². The summed E-state index contributed by atoms with van der Waals surface area (Å²) in [5, 5.41) is 11.1. The number of halogens is 1. The zero-order valence-corrected chi connectivity index (χ0v) is 17.5. The van der Waals surface area contributed by atoms with Gasteiger partial charge in [-0.25, -0.2) is 8.42 Å². The van der Waals surface area contributed by atoms with Crippen LogP contribution in [0.4, 0.5) is 0 Å². The minimum absolute atomic E-state index is 0.0106. The predicted molar refractivity (Wildman–Crippen MR) is 112 cm³/mol. The van der Waals surface area contributed by atoms with Gasteiger partial charge >= 0.3 is 0 Å². The standard InChI is InChI=1S/C21H24ClNO5S/c22-20-7-3-1-5-16(20)11-23(18-9-10-29(26,27)15-18)12-19(25)14-28-21-8-4-2-6-17(21)13-24/h1-8,13,18-19,25H,9-12,14-15H2. The average molecular weight is 438 g/mol. The van der Waals surface area contributed by atoms with Gasteiger partial charge in [0.1, 0.15) is 18.5 Å². The van der Waals surface area contributed by atoms with Crippen LogP contribution in [0.5, 0.6) is 5.75 Å². The molecule has 2 aromatic carbocycles. The topological polar surface area (TPSA) is 83.9 Å². The van der Waals surface area contributed by atoms with E-state index in [0.717, 1.165) is 5.56 Å². The Morgan fingerprint density at radius 3 is 2.62 bits per heavy atom. The molecule has 29 heavy (non-hydrogen) atoms. The SMILES string of the molecule is O=Cc1ccccc1OCC(O)CN(Cc1ccccc1Cl)C1CCS(=O)(=O)C1. The zero-order valence-electron chi connectivity index (χ0n) is 15.9. The van der Waals surface area contributed by atoms with Crippen LogP contribution in [0.1, 0.15) is 22.3 Å². The summed E-state index contributed by atoms with van der Waals surface area (Å²) in [6.07, 6.45) is 0.365. The van der Waals surface area contributed by atoms with Gasteiger partial charge in [-0.3, -0.25) is 9.69 Å². The van der Waals surface area contributed by atoms with E-state index in [4.69, 9.17) is 16.3 Å². The number of benzene rings is 2. The third-order valence-electron chi connectivity index (χ3n) is 4.98. The minimum Gasteiger partial charge on any atom is -0.490 e. The molecule has 0 saturated carbocycles. The second kappa shape index (κ2) is 9.71. The number of carbonyl (C=O) groups is 1. The molecule has 2 unspecified atom stereocenters. The van der Waals surface area contributed by atoms with Gasteiger partial charge in [0, 0.05) is 24.2 Å². The first-order valence-electron chi connectivity index (χ1n) is 9.41. The first kappa shape index (κ1) is 21.8. The van der Waals surface area contributed by atoms with Crippen LogP contribution < -0.4 is 4.74 Å². The second-order valence-corrected chi connectivity index (χ2v) is 9.83. The van der Waals surface area contributed by atoms with Crippen molar-refractivity contribution in [2.24, 2.45) is 0 Å². The van der Waals surface area contributed by atoms with Crippen molar-refractivity contribution in [1.82, 2.24) is 4.90 Å². The van der Waals surface area contributed by atoms with Gasteiger partial charge in [-0.2, -0.15) is 0 Å². The maximum absolute atomic E-state index is 12.0.